The van der Waals surface area contributed by atoms with E-state index in [1.807, 2.05) is 42.5 Å². The first-order valence-electron chi connectivity index (χ1n) is 10.5. The van der Waals surface area contributed by atoms with Gasteiger partial charge in [-0.1, -0.05) is 50.4 Å². The van der Waals surface area contributed by atoms with Gasteiger partial charge in [0, 0.05) is 21.5 Å². The molecule has 158 valence electrons. The van der Waals surface area contributed by atoms with Crippen molar-refractivity contribution >= 4 is 40.9 Å². The van der Waals surface area contributed by atoms with Crippen molar-refractivity contribution in [1.82, 2.24) is 5.32 Å². The molecule has 1 heterocycles. The molecule has 1 aliphatic heterocycles. The minimum atomic E-state index is -0.0607. The van der Waals surface area contributed by atoms with Gasteiger partial charge in [0.2, 0.25) is 5.91 Å². The summed E-state index contributed by atoms with van der Waals surface area (Å²) in [5.41, 5.74) is 2.37. The minimum absolute atomic E-state index is 0.0414. The lowest BCUT2D eigenvalue weighted by Gasteiger charge is -2.34. The fraction of sp³-hybridized carbons (Fsp3) is 0.417. The summed E-state index contributed by atoms with van der Waals surface area (Å²) in [6, 6.07) is 13.4. The first kappa shape index (κ1) is 21.3. The molecule has 6 heteroatoms. The summed E-state index contributed by atoms with van der Waals surface area (Å²) in [7, 11) is 0. The molecule has 0 spiro atoms. The van der Waals surface area contributed by atoms with Gasteiger partial charge in [0.05, 0.1) is 18.0 Å². The largest absolute Gasteiger partial charge is 0.349 e. The van der Waals surface area contributed by atoms with E-state index in [0.717, 1.165) is 29.0 Å². The van der Waals surface area contributed by atoms with E-state index in [1.165, 1.54) is 18.2 Å². The Morgan fingerprint density at radius 3 is 2.83 bits per heavy atom. The summed E-state index contributed by atoms with van der Waals surface area (Å²) in [5.74, 6) is 1.47. The third kappa shape index (κ3) is 4.52. The highest BCUT2D eigenvalue weighted by molar-refractivity contribution is 8.00. The number of carbonyl (C=O) groups excluding carboxylic acids is 2. The van der Waals surface area contributed by atoms with Crippen LogP contribution in [0.5, 0.6) is 0 Å². The molecule has 0 radical (unpaired) electrons. The Morgan fingerprint density at radius 2 is 2.03 bits per heavy atom. The van der Waals surface area contributed by atoms with Crippen molar-refractivity contribution in [3.63, 3.8) is 0 Å². The second kappa shape index (κ2) is 9.03. The zero-order valence-corrected chi connectivity index (χ0v) is 18.9. The lowest BCUT2D eigenvalue weighted by molar-refractivity contribution is -0.116. The van der Waals surface area contributed by atoms with Crippen LogP contribution in [0.3, 0.4) is 0 Å². The predicted molar refractivity (Wildman–Crippen MR) is 123 cm³/mol. The van der Waals surface area contributed by atoms with E-state index >= 15 is 0 Å². The highest BCUT2D eigenvalue weighted by Crippen LogP contribution is 2.37. The van der Waals surface area contributed by atoms with Gasteiger partial charge < -0.3 is 10.2 Å². The number of carbonyl (C=O) groups is 2. The number of hydrogen-bond donors (Lipinski definition) is 1. The summed E-state index contributed by atoms with van der Waals surface area (Å²) in [4.78, 5) is 28.5. The molecule has 2 amide bonds. The third-order valence-corrected chi connectivity index (χ3v) is 7.70. The molecule has 1 saturated carbocycles. The van der Waals surface area contributed by atoms with Crippen molar-refractivity contribution in [1.29, 1.82) is 0 Å². The highest BCUT2D eigenvalue weighted by Gasteiger charge is 2.30. The first-order valence-corrected chi connectivity index (χ1v) is 11.9. The van der Waals surface area contributed by atoms with Crippen LogP contribution in [0.25, 0.3) is 0 Å². The highest BCUT2D eigenvalue weighted by atomic mass is 35.5. The molecular weight excluding hydrogens is 416 g/mol. The van der Waals surface area contributed by atoms with Gasteiger partial charge in [0.25, 0.3) is 5.91 Å². The number of hydrogen-bond acceptors (Lipinski definition) is 3. The second-order valence-electron chi connectivity index (χ2n) is 8.43. The predicted octanol–water partition coefficient (Wildman–Crippen LogP) is 5.53. The van der Waals surface area contributed by atoms with E-state index in [2.05, 4.69) is 19.2 Å². The van der Waals surface area contributed by atoms with E-state index in [1.54, 1.807) is 4.90 Å². The molecule has 2 aliphatic rings. The number of thioether (sulfide) groups is 1. The fourth-order valence-electron chi connectivity index (χ4n) is 4.37. The molecule has 0 unspecified atom stereocenters. The number of amides is 2. The molecule has 3 atom stereocenters. The van der Waals surface area contributed by atoms with Crippen molar-refractivity contribution in [2.45, 2.75) is 50.6 Å². The zero-order chi connectivity index (χ0) is 21.3. The Kier molecular flexibility index (Phi) is 6.40. The molecule has 1 aliphatic carbocycles. The van der Waals surface area contributed by atoms with Crippen LogP contribution in [-0.4, -0.2) is 23.6 Å². The van der Waals surface area contributed by atoms with Gasteiger partial charge in [-0.05, 0) is 54.2 Å². The number of nitrogens with one attached hydrogen (secondary N) is 1. The Bertz CT molecular complexity index is 964. The molecule has 2 aromatic carbocycles. The monoisotopic (exact) mass is 442 g/mol. The van der Waals surface area contributed by atoms with Crippen LogP contribution in [0.1, 0.15) is 49.0 Å². The number of halogens is 1. The molecule has 0 saturated heterocycles. The summed E-state index contributed by atoms with van der Waals surface area (Å²) in [6.45, 7) is 4.93. The normalized spacial score (nSPS) is 23.8. The molecule has 4 nitrogen and oxygen atoms in total. The molecule has 2 aromatic rings. The lowest BCUT2D eigenvalue weighted by Crippen LogP contribution is -2.43. The number of anilines is 1. The Morgan fingerprint density at radius 1 is 1.20 bits per heavy atom. The third-order valence-electron chi connectivity index (χ3n) is 6.42. The molecule has 1 fully saturated rings. The molecule has 0 aromatic heterocycles. The average molecular weight is 443 g/mol. The van der Waals surface area contributed by atoms with Crippen molar-refractivity contribution < 1.29 is 9.59 Å². The maximum Gasteiger partial charge on any atom is 0.251 e. The SMILES string of the molecule is C[C@@H]1[C@H](C)CCC[C@@H]1NC(=O)c1ccc2c(c1)N(Cc1cccc(Cl)c1)C(=O)CS2. The maximum absolute atomic E-state index is 13.0. The van der Waals surface area contributed by atoms with Gasteiger partial charge >= 0.3 is 0 Å². The van der Waals surface area contributed by atoms with Crippen molar-refractivity contribution in [3.8, 4) is 0 Å². The van der Waals surface area contributed by atoms with E-state index in [4.69, 9.17) is 11.6 Å². The van der Waals surface area contributed by atoms with Crippen LogP contribution < -0.4 is 10.2 Å². The van der Waals surface area contributed by atoms with Crippen LogP contribution in [0, 0.1) is 11.8 Å². The topological polar surface area (TPSA) is 49.4 Å². The number of benzene rings is 2. The summed E-state index contributed by atoms with van der Waals surface area (Å²) in [6.07, 6.45) is 3.40. The Labute approximate surface area is 187 Å². The zero-order valence-electron chi connectivity index (χ0n) is 17.4. The molecule has 30 heavy (non-hydrogen) atoms. The molecule has 0 bridgehead atoms. The van der Waals surface area contributed by atoms with Crippen LogP contribution >= 0.6 is 23.4 Å². The minimum Gasteiger partial charge on any atom is -0.349 e. The van der Waals surface area contributed by atoms with Crippen molar-refractivity contribution in [2.75, 3.05) is 10.7 Å². The van der Waals surface area contributed by atoms with E-state index in [-0.39, 0.29) is 17.9 Å². The lowest BCUT2D eigenvalue weighted by atomic mass is 9.78. The maximum atomic E-state index is 13.0. The van der Waals surface area contributed by atoms with Gasteiger partial charge in [0.1, 0.15) is 0 Å². The van der Waals surface area contributed by atoms with Crippen LogP contribution in [-0.2, 0) is 11.3 Å². The summed E-state index contributed by atoms with van der Waals surface area (Å²) >= 11 is 7.64. The van der Waals surface area contributed by atoms with Crippen molar-refractivity contribution in [2.24, 2.45) is 11.8 Å². The van der Waals surface area contributed by atoms with Gasteiger partial charge in [-0.15, -0.1) is 11.8 Å². The molecule has 1 N–H and O–H groups in total. The van der Waals surface area contributed by atoms with Gasteiger partial charge in [-0.2, -0.15) is 0 Å². The standard InChI is InChI=1S/C24H27ClN2O2S/c1-15-5-3-8-20(16(15)2)26-24(29)18-9-10-22-21(12-18)27(23(28)14-30-22)13-17-6-4-7-19(25)11-17/h4,6-7,9-12,15-16,20H,3,5,8,13-14H2,1-2H3,(H,26,29)/t15-,16-,20+/m1/s1. The van der Waals surface area contributed by atoms with Crippen molar-refractivity contribution in [3.05, 3.63) is 58.6 Å². The van der Waals surface area contributed by atoms with E-state index < -0.39 is 0 Å². The van der Waals surface area contributed by atoms with Gasteiger partial charge in [-0.3, -0.25) is 9.59 Å². The average Bonchev–Trinajstić information content (AvgIpc) is 2.73. The second-order valence-corrected chi connectivity index (χ2v) is 9.88. The number of nitrogens with zero attached hydrogens (tertiary/aromatic N) is 1. The Hall–Kier alpha value is -1.98. The van der Waals surface area contributed by atoms with Crippen LogP contribution in [0.15, 0.2) is 47.4 Å². The van der Waals surface area contributed by atoms with Crippen LogP contribution in [0.2, 0.25) is 5.02 Å². The summed E-state index contributed by atoms with van der Waals surface area (Å²) in [5, 5.41) is 3.89. The molecular formula is C24H27ClN2O2S. The molecule has 4 rings (SSSR count). The van der Waals surface area contributed by atoms with Crippen LogP contribution in [0.4, 0.5) is 5.69 Å². The number of rotatable bonds is 4. The van der Waals surface area contributed by atoms with Gasteiger partial charge in [0.15, 0.2) is 0 Å². The van der Waals surface area contributed by atoms with Gasteiger partial charge in [-0.25, -0.2) is 0 Å². The first-order chi connectivity index (χ1) is 14.4. The van der Waals surface area contributed by atoms with E-state index in [0.29, 0.717) is 34.7 Å². The Balaban J connectivity index is 1.57. The fourth-order valence-corrected chi connectivity index (χ4v) is 5.50. The quantitative estimate of drug-likeness (QED) is 0.676. The smallest absolute Gasteiger partial charge is 0.251 e. The summed E-state index contributed by atoms with van der Waals surface area (Å²) < 4.78 is 0. The van der Waals surface area contributed by atoms with E-state index in [9.17, 15) is 9.59 Å². The number of fused-ring (bicyclic) bond motifs is 1.